The smallest absolute Gasteiger partial charge is 0.348 e. The monoisotopic (exact) mass is 440 g/mol. The summed E-state index contributed by atoms with van der Waals surface area (Å²) in [5.41, 5.74) is 0.117. The van der Waals surface area contributed by atoms with Crippen LogP contribution in [0, 0.1) is 18.6 Å². The molecule has 0 spiro atoms. The highest BCUT2D eigenvalue weighted by Gasteiger charge is 2.31. The highest BCUT2D eigenvalue weighted by Crippen LogP contribution is 2.34. The summed E-state index contributed by atoms with van der Waals surface area (Å²) in [6.07, 6.45) is -4.50. The number of pyridine rings is 1. The first-order valence-electron chi connectivity index (χ1n) is 8.98. The number of aryl methyl sites for hydroxylation is 1. The van der Waals surface area contributed by atoms with Crippen LogP contribution in [0.25, 0.3) is 10.9 Å². The molecule has 158 valence electrons. The molecule has 3 nitrogen and oxygen atoms in total. The van der Waals surface area contributed by atoms with Crippen molar-refractivity contribution >= 4 is 28.6 Å². The first-order chi connectivity index (χ1) is 14.1. The first-order valence-corrected chi connectivity index (χ1v) is 9.96. The maximum absolute atomic E-state index is 13.8. The van der Waals surface area contributed by atoms with E-state index in [1.54, 1.807) is 6.92 Å². The standard InChI is InChI=1S/C21H17F5N2OS/c1-3-30-20-18(19(29)27-10-12-4-6-14(22)9-16(12)23)11(2)15-7-5-13(21(24,25)26)8-17(15)28-20/h4-9H,3,10H2,1-2H3,(H,27,29). The van der Waals surface area contributed by atoms with E-state index in [1.807, 2.05) is 6.92 Å². The Kier molecular flexibility index (Phi) is 6.30. The average Bonchev–Trinajstić information content (AvgIpc) is 2.66. The third kappa shape index (κ3) is 4.56. The number of halogens is 5. The van der Waals surface area contributed by atoms with E-state index in [9.17, 15) is 26.7 Å². The molecule has 1 amide bonds. The van der Waals surface area contributed by atoms with Crippen molar-refractivity contribution in [2.45, 2.75) is 31.6 Å². The van der Waals surface area contributed by atoms with E-state index >= 15 is 0 Å². The molecule has 0 aliphatic rings. The molecule has 0 bridgehead atoms. The fourth-order valence-electron chi connectivity index (χ4n) is 3.02. The highest BCUT2D eigenvalue weighted by atomic mass is 32.2. The number of thioether (sulfide) groups is 1. The second kappa shape index (κ2) is 8.59. The maximum atomic E-state index is 13.8. The molecule has 9 heteroatoms. The number of hydrogen-bond donors (Lipinski definition) is 1. The Morgan fingerprint density at radius 2 is 1.87 bits per heavy atom. The van der Waals surface area contributed by atoms with Gasteiger partial charge in [-0.3, -0.25) is 4.79 Å². The van der Waals surface area contributed by atoms with Crippen LogP contribution in [-0.4, -0.2) is 16.6 Å². The summed E-state index contributed by atoms with van der Waals surface area (Å²) >= 11 is 1.22. The summed E-state index contributed by atoms with van der Waals surface area (Å²) in [6, 6.07) is 6.23. The number of benzene rings is 2. The molecule has 2 aromatic carbocycles. The Hall–Kier alpha value is -2.68. The zero-order valence-corrected chi connectivity index (χ0v) is 16.8. The van der Waals surface area contributed by atoms with Gasteiger partial charge in [0.1, 0.15) is 16.7 Å². The lowest BCUT2D eigenvalue weighted by atomic mass is 10.0. The van der Waals surface area contributed by atoms with Crippen LogP contribution in [0.15, 0.2) is 41.4 Å². The molecule has 0 radical (unpaired) electrons. The molecular weight excluding hydrogens is 423 g/mol. The van der Waals surface area contributed by atoms with Gasteiger partial charge >= 0.3 is 6.18 Å². The van der Waals surface area contributed by atoms with E-state index in [0.29, 0.717) is 21.7 Å². The van der Waals surface area contributed by atoms with Crippen LogP contribution in [0.5, 0.6) is 0 Å². The number of nitrogens with zero attached hydrogens (tertiary/aromatic N) is 1. The molecule has 0 aliphatic carbocycles. The predicted molar refractivity (Wildman–Crippen MR) is 105 cm³/mol. The molecule has 1 aromatic heterocycles. The molecule has 0 saturated heterocycles. The van der Waals surface area contributed by atoms with Crippen molar-refractivity contribution in [1.82, 2.24) is 10.3 Å². The summed E-state index contributed by atoms with van der Waals surface area (Å²) in [5, 5.41) is 3.29. The van der Waals surface area contributed by atoms with Gasteiger partial charge in [0.2, 0.25) is 0 Å². The Morgan fingerprint density at radius 3 is 2.50 bits per heavy atom. The average molecular weight is 440 g/mol. The lowest BCUT2D eigenvalue weighted by Gasteiger charge is -2.15. The van der Waals surface area contributed by atoms with Gasteiger partial charge in [0.05, 0.1) is 16.6 Å². The SMILES string of the molecule is CCSc1nc2cc(C(F)(F)F)ccc2c(C)c1C(=O)NCc1ccc(F)cc1F. The second-order valence-corrected chi connectivity index (χ2v) is 7.75. The number of rotatable bonds is 5. The Morgan fingerprint density at radius 1 is 1.13 bits per heavy atom. The van der Waals surface area contributed by atoms with Gasteiger partial charge in [-0.15, -0.1) is 11.8 Å². The number of amides is 1. The zero-order chi connectivity index (χ0) is 22.1. The second-order valence-electron chi connectivity index (χ2n) is 6.50. The van der Waals surface area contributed by atoms with Crippen LogP contribution in [0.4, 0.5) is 22.0 Å². The maximum Gasteiger partial charge on any atom is 0.416 e. The van der Waals surface area contributed by atoms with E-state index in [1.165, 1.54) is 23.9 Å². The minimum Gasteiger partial charge on any atom is -0.348 e. The largest absolute Gasteiger partial charge is 0.416 e. The van der Waals surface area contributed by atoms with Crippen molar-refractivity contribution in [2.75, 3.05) is 5.75 Å². The van der Waals surface area contributed by atoms with Gasteiger partial charge in [-0.1, -0.05) is 19.1 Å². The van der Waals surface area contributed by atoms with Crippen molar-refractivity contribution in [2.24, 2.45) is 0 Å². The van der Waals surface area contributed by atoms with Crippen LogP contribution in [0.2, 0.25) is 0 Å². The van der Waals surface area contributed by atoms with E-state index < -0.39 is 29.3 Å². The quantitative estimate of drug-likeness (QED) is 0.398. The minimum atomic E-state index is -4.50. The van der Waals surface area contributed by atoms with E-state index in [2.05, 4.69) is 10.3 Å². The lowest BCUT2D eigenvalue weighted by molar-refractivity contribution is -0.137. The number of alkyl halides is 3. The van der Waals surface area contributed by atoms with Crippen molar-refractivity contribution in [3.8, 4) is 0 Å². The number of hydrogen-bond acceptors (Lipinski definition) is 3. The molecule has 0 unspecified atom stereocenters. The minimum absolute atomic E-state index is 0.107. The van der Waals surface area contributed by atoms with Crippen LogP contribution >= 0.6 is 11.8 Å². The zero-order valence-electron chi connectivity index (χ0n) is 16.0. The number of aromatic nitrogens is 1. The van der Waals surface area contributed by atoms with E-state index in [-0.39, 0.29) is 23.2 Å². The van der Waals surface area contributed by atoms with E-state index in [4.69, 9.17) is 0 Å². The predicted octanol–water partition coefficient (Wildman–Crippen LogP) is 5.88. The van der Waals surface area contributed by atoms with Gasteiger partial charge in [0.15, 0.2) is 0 Å². The Bertz CT molecular complexity index is 1110. The van der Waals surface area contributed by atoms with Crippen LogP contribution in [0.1, 0.15) is 34.0 Å². The molecule has 1 heterocycles. The normalized spacial score (nSPS) is 11.7. The van der Waals surface area contributed by atoms with Crippen molar-refractivity contribution in [1.29, 1.82) is 0 Å². The van der Waals surface area contributed by atoms with Gasteiger partial charge in [-0.2, -0.15) is 13.2 Å². The number of nitrogens with one attached hydrogen (secondary N) is 1. The summed E-state index contributed by atoms with van der Waals surface area (Å²) < 4.78 is 66.0. The molecule has 0 atom stereocenters. The number of carbonyl (C=O) groups excluding carboxylic acids is 1. The van der Waals surface area contributed by atoms with Crippen LogP contribution in [-0.2, 0) is 12.7 Å². The molecule has 0 fully saturated rings. The van der Waals surface area contributed by atoms with Crippen LogP contribution in [0.3, 0.4) is 0 Å². The topological polar surface area (TPSA) is 42.0 Å². The summed E-state index contributed by atoms with van der Waals surface area (Å²) in [4.78, 5) is 17.1. The molecule has 0 aliphatic heterocycles. The van der Waals surface area contributed by atoms with Gasteiger partial charge < -0.3 is 5.32 Å². The van der Waals surface area contributed by atoms with Crippen molar-refractivity contribution in [3.05, 3.63) is 70.3 Å². The molecule has 3 rings (SSSR count). The van der Waals surface area contributed by atoms with Gasteiger partial charge in [0.25, 0.3) is 5.91 Å². The Labute approximate surface area is 173 Å². The van der Waals surface area contributed by atoms with Crippen LogP contribution < -0.4 is 5.32 Å². The van der Waals surface area contributed by atoms with Gasteiger partial charge in [0, 0.05) is 23.6 Å². The molecule has 3 aromatic rings. The molecule has 1 N–H and O–H groups in total. The number of fused-ring (bicyclic) bond motifs is 1. The van der Waals surface area contributed by atoms with Crippen molar-refractivity contribution < 1.29 is 26.7 Å². The molecule has 30 heavy (non-hydrogen) atoms. The molecule has 0 saturated carbocycles. The Balaban J connectivity index is 1.99. The van der Waals surface area contributed by atoms with Gasteiger partial charge in [-0.05, 0) is 36.4 Å². The summed E-state index contributed by atoms with van der Waals surface area (Å²) in [7, 11) is 0. The summed E-state index contributed by atoms with van der Waals surface area (Å²) in [5.74, 6) is -1.51. The summed E-state index contributed by atoms with van der Waals surface area (Å²) in [6.45, 7) is 3.28. The molecular formula is C21H17F5N2OS. The number of carbonyl (C=O) groups is 1. The first kappa shape index (κ1) is 22.0. The van der Waals surface area contributed by atoms with Crippen molar-refractivity contribution in [3.63, 3.8) is 0 Å². The highest BCUT2D eigenvalue weighted by molar-refractivity contribution is 7.99. The van der Waals surface area contributed by atoms with Gasteiger partial charge in [-0.25, -0.2) is 13.8 Å². The fourth-order valence-corrected chi connectivity index (χ4v) is 3.84. The fraction of sp³-hybridized carbons (Fsp3) is 0.238. The third-order valence-electron chi connectivity index (χ3n) is 4.50. The van der Waals surface area contributed by atoms with E-state index in [0.717, 1.165) is 24.3 Å². The lowest BCUT2D eigenvalue weighted by Crippen LogP contribution is -2.25. The third-order valence-corrected chi connectivity index (χ3v) is 5.36.